The molecule has 0 unspecified atom stereocenters. The molecule has 7 N–H and O–H groups in total. The van der Waals surface area contributed by atoms with Gasteiger partial charge in [0, 0.05) is 112 Å². The van der Waals surface area contributed by atoms with Gasteiger partial charge in [0.2, 0.25) is 0 Å². The van der Waals surface area contributed by atoms with E-state index in [0.29, 0.717) is 27.6 Å². The SMILES string of the molecule is O=C(O)c1cc(S(=O)(=O)Cl)cc(S(=O)(=O)Cl)c1.O=C(O)c1ccc(S(=O)(=O)Cl)cc1.O=C(O)c1ccc2c(S(=O)(=O)Cl)cc(S(=O)(=O)Cl)cc2c1.O=C(O)c1ccc2cc(S(=O)(=O)Cl)ccc2c1.O=C(O)c1ccc2cc(S(=O)(=O)Cl)ccc2c1.O=S(=O)(Cl)c1cc(O)cc(S(=O)(=O)Cl)c1.O=S(=O)(Cl)c1ccc(O)cc1. The van der Waals surface area contributed by atoms with E-state index in [1.54, 1.807) is 12.1 Å². The van der Waals surface area contributed by atoms with Gasteiger partial charge in [0.15, 0.2) is 0 Å². The van der Waals surface area contributed by atoms with E-state index in [1.165, 1.54) is 109 Å². The standard InChI is InChI=1S/C11H6Cl2O6S2.2C11H7ClO4S.C7H4Cl2O6S2.C7H5ClO4S.C6H4Cl2O5S2.C6H5ClO3S/c12-20(16,17)8-4-7-3-6(11(14)15)1-2-9(7)10(5-8)21(13,18)19;2*12-17(15,16)10-4-3-7-5-9(11(13)14)2-1-8(7)6-10;8-16(12,13)5-1-4(7(10)11)2-6(3-5)17(9,14)15;8-13(11,12)6-3-1-5(2-4-6)7(9)10;7-14(10,11)5-1-4(9)2-6(3-5)15(8,12)13;7-11(9,10)6-3-1-5(8)2-4-6/h1-5H,(H,14,15);2*1-6H,(H,13,14);1-3H,(H,10,11);1-4H,(H,9,10);1-3,9H;1-4,8H. The summed E-state index contributed by atoms with van der Waals surface area (Å²) in [4.78, 5) is 50.0. The number of carbonyl (C=O) groups is 5. The van der Waals surface area contributed by atoms with Crippen molar-refractivity contribution in [2.45, 2.75) is 49.0 Å². The van der Waals surface area contributed by atoms with Crippen molar-refractivity contribution in [1.29, 1.82) is 0 Å². The summed E-state index contributed by atoms with van der Waals surface area (Å²) < 4.78 is 221. The molecular formula is C59H38Cl10O32S10. The first-order chi connectivity index (χ1) is 50.3. The minimum Gasteiger partial charge on any atom is -0.508 e. The summed E-state index contributed by atoms with van der Waals surface area (Å²) in [7, 11) is 10.7. The molecule has 111 heavy (non-hydrogen) atoms. The third-order valence-corrected chi connectivity index (χ3v) is 26.4. The van der Waals surface area contributed by atoms with Crippen molar-refractivity contribution in [2.24, 2.45) is 0 Å². The summed E-state index contributed by atoms with van der Waals surface area (Å²) >= 11 is 0. The number of benzene rings is 10. The molecule has 0 aliphatic heterocycles. The number of rotatable bonds is 15. The Morgan fingerprint density at radius 1 is 0.198 bits per heavy atom. The summed E-state index contributed by atoms with van der Waals surface area (Å²) in [6, 6.07) is 37.0. The highest BCUT2D eigenvalue weighted by atomic mass is 35.7. The zero-order chi connectivity index (χ0) is 85.1. The van der Waals surface area contributed by atoms with E-state index in [4.69, 9.17) is 143 Å². The molecule has 10 aromatic rings. The van der Waals surface area contributed by atoms with Crippen LogP contribution in [0.25, 0.3) is 32.3 Å². The molecule has 0 aromatic heterocycles. The Morgan fingerprint density at radius 3 is 0.730 bits per heavy atom. The third kappa shape index (κ3) is 30.0. The smallest absolute Gasteiger partial charge is 0.335 e. The van der Waals surface area contributed by atoms with Gasteiger partial charge in [-0.3, -0.25) is 0 Å². The molecule has 0 aliphatic rings. The first kappa shape index (κ1) is 95.7. The van der Waals surface area contributed by atoms with Crippen molar-refractivity contribution in [1.82, 2.24) is 0 Å². The van der Waals surface area contributed by atoms with Crippen LogP contribution in [0.2, 0.25) is 0 Å². The van der Waals surface area contributed by atoms with Gasteiger partial charge in [-0.05, 0) is 185 Å². The molecule has 0 fully saturated rings. The van der Waals surface area contributed by atoms with Gasteiger partial charge in [-0.2, -0.15) is 0 Å². The molecule has 52 heteroatoms. The predicted octanol–water partition coefficient (Wildman–Crippen LogP) is 12.4. The first-order valence-electron chi connectivity index (χ1n) is 27.5. The van der Waals surface area contributed by atoms with Crippen molar-refractivity contribution in [3.63, 3.8) is 0 Å². The average molecular weight is 1930 g/mol. The van der Waals surface area contributed by atoms with E-state index < -0.39 is 161 Å². The second-order valence-electron chi connectivity index (χ2n) is 20.6. The van der Waals surface area contributed by atoms with Gasteiger partial charge < -0.3 is 35.7 Å². The lowest BCUT2D eigenvalue weighted by Crippen LogP contribution is -2.03. The van der Waals surface area contributed by atoms with Crippen molar-refractivity contribution in [3.05, 3.63) is 216 Å². The zero-order valence-electron chi connectivity index (χ0n) is 53.1. The molecule has 0 atom stereocenters. The number of hydrogen-bond acceptors (Lipinski definition) is 27. The van der Waals surface area contributed by atoms with Gasteiger partial charge >= 0.3 is 29.8 Å². The maximum atomic E-state index is 11.6. The number of phenolic OH excluding ortho intramolecular Hbond substituents is 2. The van der Waals surface area contributed by atoms with Gasteiger partial charge in [0.1, 0.15) is 11.5 Å². The van der Waals surface area contributed by atoms with Gasteiger partial charge in [-0.1, -0.05) is 30.3 Å². The molecule has 32 nitrogen and oxygen atoms in total. The molecule has 0 saturated heterocycles. The molecule has 0 radical (unpaired) electrons. The lowest BCUT2D eigenvalue weighted by molar-refractivity contribution is 0.0685. The zero-order valence-corrected chi connectivity index (χ0v) is 68.8. The maximum Gasteiger partial charge on any atom is 0.335 e. The Labute approximate surface area is 672 Å². The highest BCUT2D eigenvalue weighted by molar-refractivity contribution is 8.16. The van der Waals surface area contributed by atoms with Crippen LogP contribution in [0.1, 0.15) is 51.8 Å². The van der Waals surface area contributed by atoms with Gasteiger partial charge in [0.25, 0.3) is 90.5 Å². The summed E-state index contributed by atoms with van der Waals surface area (Å²) in [5.74, 6) is -6.47. The quantitative estimate of drug-likeness (QED) is 0.0469. The number of halogens is 10. The van der Waals surface area contributed by atoms with E-state index in [-0.39, 0.29) is 58.4 Å². The van der Waals surface area contributed by atoms with Gasteiger partial charge in [-0.25, -0.2) is 108 Å². The van der Waals surface area contributed by atoms with Crippen LogP contribution in [-0.4, -0.2) is 150 Å². The number of aromatic carboxylic acids is 5. The molecule has 0 amide bonds. The summed E-state index contributed by atoms with van der Waals surface area (Å²) in [5.41, 5.74) is -0.363. The van der Waals surface area contributed by atoms with E-state index in [1.807, 2.05) is 0 Å². The Kier molecular flexibility index (Phi) is 32.4. The fourth-order valence-electron chi connectivity index (χ4n) is 7.98. The molecule has 0 saturated carbocycles. The van der Waals surface area contributed by atoms with E-state index in [0.717, 1.165) is 60.7 Å². The van der Waals surface area contributed by atoms with E-state index in [2.05, 4.69) is 0 Å². The second kappa shape index (κ2) is 37.5. The minimum atomic E-state index is -4.26. The van der Waals surface area contributed by atoms with Crippen molar-refractivity contribution < 1.29 is 144 Å². The second-order valence-corrected chi connectivity index (χ2v) is 46.2. The molecule has 0 heterocycles. The monoisotopic (exact) mass is 1930 g/mol. The number of fused-ring (bicyclic) bond motifs is 3. The fraction of sp³-hybridized carbons (Fsp3) is 0. The van der Waals surface area contributed by atoms with Gasteiger partial charge in [-0.15, -0.1) is 0 Å². The van der Waals surface area contributed by atoms with Crippen molar-refractivity contribution >= 4 is 259 Å². The molecule has 596 valence electrons. The Morgan fingerprint density at radius 2 is 0.432 bits per heavy atom. The normalized spacial score (nSPS) is 11.9. The van der Waals surface area contributed by atoms with Crippen LogP contribution in [0.15, 0.2) is 237 Å². The molecule has 0 spiro atoms. The lowest BCUT2D eigenvalue weighted by Gasteiger charge is -2.07. The van der Waals surface area contributed by atoms with Crippen LogP contribution >= 0.6 is 107 Å². The number of carboxylic acid groups (broad SMARTS) is 5. The molecule has 0 bridgehead atoms. The summed E-state index contributed by atoms with van der Waals surface area (Å²) in [6.45, 7) is 0. The predicted molar refractivity (Wildman–Crippen MR) is 406 cm³/mol. The highest BCUT2D eigenvalue weighted by Gasteiger charge is 2.24. The van der Waals surface area contributed by atoms with Crippen LogP contribution < -0.4 is 0 Å². The van der Waals surface area contributed by atoms with Crippen LogP contribution in [0.3, 0.4) is 0 Å². The number of aromatic hydroxyl groups is 2. The van der Waals surface area contributed by atoms with Gasteiger partial charge in [0.05, 0.1) is 76.8 Å². The largest absolute Gasteiger partial charge is 0.508 e. The number of carboxylic acids is 5. The van der Waals surface area contributed by atoms with Crippen molar-refractivity contribution in [3.8, 4) is 11.5 Å². The van der Waals surface area contributed by atoms with Crippen molar-refractivity contribution in [2.75, 3.05) is 0 Å². The van der Waals surface area contributed by atoms with E-state index in [9.17, 15) is 108 Å². The number of hydrogen-bond donors (Lipinski definition) is 7. The third-order valence-electron chi connectivity index (χ3n) is 13.0. The molecule has 10 aromatic carbocycles. The highest BCUT2D eigenvalue weighted by Crippen LogP contribution is 2.33. The minimum absolute atomic E-state index is 0.00487. The summed E-state index contributed by atoms with van der Waals surface area (Å²) in [6.07, 6.45) is 0. The summed E-state index contributed by atoms with van der Waals surface area (Å²) in [5, 5.41) is 64.3. The fourth-order valence-corrected chi connectivity index (χ4v) is 16.4. The molecule has 10 rings (SSSR count). The maximum absolute atomic E-state index is 11.6. The number of phenols is 2. The molecule has 0 aliphatic carbocycles. The Balaban J connectivity index is 0.000000275. The average Bonchev–Trinajstić information content (AvgIpc) is 0.771. The first-order valence-corrected chi connectivity index (χ1v) is 50.5. The van der Waals surface area contributed by atoms with Crippen LogP contribution in [-0.2, 0) is 90.5 Å². The topological polar surface area (TPSA) is 568 Å². The lowest BCUT2D eigenvalue weighted by atomic mass is 10.1. The molecular weight excluding hydrogens is 1900 g/mol. The Bertz CT molecular complexity index is 6400. The van der Waals surface area contributed by atoms with E-state index >= 15 is 0 Å². The Hall–Kier alpha value is -7.67. The van der Waals surface area contributed by atoms with Crippen LogP contribution in [0.4, 0.5) is 0 Å². The van der Waals surface area contributed by atoms with Crippen LogP contribution in [0, 0.1) is 0 Å². The van der Waals surface area contributed by atoms with Crippen LogP contribution in [0.5, 0.6) is 11.5 Å².